The summed E-state index contributed by atoms with van der Waals surface area (Å²) in [5.41, 5.74) is 0. The van der Waals surface area contributed by atoms with E-state index in [1.807, 2.05) is 0 Å². The van der Waals surface area contributed by atoms with Crippen LogP contribution in [0.3, 0.4) is 0 Å². The minimum Gasteiger partial charge on any atom is -0.396 e. The SMILES string of the molecule is CC(NC(=O)CCCCO)C(=O)N1CCCC1. The van der Waals surface area contributed by atoms with Crippen LogP contribution in [0.1, 0.15) is 39.0 Å². The number of hydrogen-bond acceptors (Lipinski definition) is 3. The maximum Gasteiger partial charge on any atom is 0.244 e. The van der Waals surface area contributed by atoms with E-state index in [-0.39, 0.29) is 18.4 Å². The average Bonchev–Trinajstić information content (AvgIpc) is 2.81. The third-order valence-corrected chi connectivity index (χ3v) is 2.98. The predicted molar refractivity (Wildman–Crippen MR) is 64.4 cm³/mol. The Morgan fingerprint density at radius 1 is 1.29 bits per heavy atom. The van der Waals surface area contributed by atoms with E-state index < -0.39 is 6.04 Å². The molecule has 5 nitrogen and oxygen atoms in total. The van der Waals surface area contributed by atoms with Crippen LogP contribution in [0.4, 0.5) is 0 Å². The van der Waals surface area contributed by atoms with Gasteiger partial charge in [-0.05, 0) is 32.6 Å². The lowest BCUT2D eigenvalue weighted by Gasteiger charge is -2.21. The smallest absolute Gasteiger partial charge is 0.244 e. The molecule has 0 aromatic heterocycles. The van der Waals surface area contributed by atoms with Crippen molar-refractivity contribution in [1.82, 2.24) is 10.2 Å². The van der Waals surface area contributed by atoms with E-state index >= 15 is 0 Å². The molecule has 17 heavy (non-hydrogen) atoms. The standard InChI is InChI=1S/C12H22N2O3/c1-10(12(17)14-7-3-4-8-14)13-11(16)6-2-5-9-15/h10,15H,2-9H2,1H3,(H,13,16). The minimum absolute atomic E-state index is 0.0120. The molecule has 0 saturated carbocycles. The van der Waals surface area contributed by atoms with Crippen LogP contribution in [0.5, 0.6) is 0 Å². The highest BCUT2D eigenvalue weighted by atomic mass is 16.3. The lowest BCUT2D eigenvalue weighted by atomic mass is 10.2. The summed E-state index contributed by atoms with van der Waals surface area (Å²) in [6.45, 7) is 3.45. The van der Waals surface area contributed by atoms with Crippen LogP contribution < -0.4 is 5.32 Å². The molecule has 98 valence electrons. The second-order valence-electron chi connectivity index (χ2n) is 4.50. The molecule has 0 aromatic rings. The zero-order valence-electron chi connectivity index (χ0n) is 10.4. The van der Waals surface area contributed by atoms with Gasteiger partial charge in [0, 0.05) is 26.1 Å². The van der Waals surface area contributed by atoms with Crippen molar-refractivity contribution in [2.45, 2.75) is 45.1 Å². The Kier molecular flexibility index (Phi) is 5.97. The third kappa shape index (κ3) is 4.73. The van der Waals surface area contributed by atoms with E-state index in [9.17, 15) is 9.59 Å². The fraction of sp³-hybridized carbons (Fsp3) is 0.833. The Hall–Kier alpha value is -1.10. The molecule has 1 aliphatic rings. The molecule has 0 radical (unpaired) electrons. The van der Waals surface area contributed by atoms with E-state index in [0.717, 1.165) is 25.9 Å². The first-order valence-electron chi connectivity index (χ1n) is 6.34. The molecule has 0 aliphatic carbocycles. The molecule has 5 heteroatoms. The highest BCUT2D eigenvalue weighted by Gasteiger charge is 2.23. The lowest BCUT2D eigenvalue weighted by molar-refractivity contribution is -0.135. The number of aliphatic hydroxyl groups is 1. The van der Waals surface area contributed by atoms with Crippen LogP contribution in [0.2, 0.25) is 0 Å². The molecular weight excluding hydrogens is 220 g/mol. The fourth-order valence-electron chi connectivity index (χ4n) is 1.98. The molecule has 2 amide bonds. The van der Waals surface area contributed by atoms with Crippen molar-refractivity contribution < 1.29 is 14.7 Å². The summed E-state index contributed by atoms with van der Waals surface area (Å²) >= 11 is 0. The molecule has 0 aromatic carbocycles. The molecular formula is C12H22N2O3. The number of aliphatic hydroxyl groups excluding tert-OH is 1. The highest BCUT2D eigenvalue weighted by molar-refractivity contribution is 5.87. The van der Waals surface area contributed by atoms with Gasteiger partial charge in [-0.2, -0.15) is 0 Å². The Morgan fingerprint density at radius 2 is 1.94 bits per heavy atom. The second-order valence-corrected chi connectivity index (χ2v) is 4.50. The Labute approximate surface area is 102 Å². The number of rotatable bonds is 6. The van der Waals surface area contributed by atoms with Crippen molar-refractivity contribution in [2.75, 3.05) is 19.7 Å². The summed E-state index contributed by atoms with van der Waals surface area (Å²) in [6.07, 6.45) is 3.78. The third-order valence-electron chi connectivity index (χ3n) is 2.98. The second kappa shape index (κ2) is 7.27. The van der Waals surface area contributed by atoms with Crippen LogP contribution in [-0.4, -0.2) is 47.6 Å². The summed E-state index contributed by atoms with van der Waals surface area (Å²) in [7, 11) is 0. The van der Waals surface area contributed by atoms with E-state index in [1.165, 1.54) is 0 Å². The van der Waals surface area contributed by atoms with Gasteiger partial charge in [0.15, 0.2) is 0 Å². The number of nitrogens with one attached hydrogen (secondary N) is 1. The van der Waals surface area contributed by atoms with E-state index in [1.54, 1.807) is 11.8 Å². The van der Waals surface area contributed by atoms with E-state index in [0.29, 0.717) is 19.3 Å². The van der Waals surface area contributed by atoms with Gasteiger partial charge in [-0.3, -0.25) is 9.59 Å². The highest BCUT2D eigenvalue weighted by Crippen LogP contribution is 2.09. The van der Waals surface area contributed by atoms with Crippen molar-refractivity contribution in [3.8, 4) is 0 Å². The first-order valence-corrected chi connectivity index (χ1v) is 6.34. The van der Waals surface area contributed by atoms with Gasteiger partial charge in [0.25, 0.3) is 0 Å². The summed E-state index contributed by atoms with van der Waals surface area (Å²) in [5, 5.41) is 11.3. The van der Waals surface area contributed by atoms with Crippen molar-refractivity contribution in [3.63, 3.8) is 0 Å². The molecule has 2 N–H and O–H groups in total. The van der Waals surface area contributed by atoms with Crippen molar-refractivity contribution in [1.29, 1.82) is 0 Å². The van der Waals surface area contributed by atoms with Crippen LogP contribution in [-0.2, 0) is 9.59 Å². The zero-order chi connectivity index (χ0) is 12.7. The first kappa shape index (κ1) is 14.0. The van der Waals surface area contributed by atoms with Gasteiger partial charge in [-0.25, -0.2) is 0 Å². The first-order chi connectivity index (χ1) is 8.15. The Bertz CT molecular complexity index is 262. The summed E-state index contributed by atoms with van der Waals surface area (Å²) in [4.78, 5) is 25.2. The van der Waals surface area contributed by atoms with Gasteiger partial charge >= 0.3 is 0 Å². The topological polar surface area (TPSA) is 69.6 Å². The molecule has 1 fully saturated rings. The normalized spacial score (nSPS) is 16.9. The van der Waals surface area contributed by atoms with Crippen molar-refractivity contribution in [3.05, 3.63) is 0 Å². The van der Waals surface area contributed by atoms with Gasteiger partial charge in [0.1, 0.15) is 6.04 Å². The van der Waals surface area contributed by atoms with Gasteiger partial charge in [0.05, 0.1) is 0 Å². The molecule has 1 heterocycles. The van der Waals surface area contributed by atoms with Gasteiger partial charge in [-0.15, -0.1) is 0 Å². The minimum atomic E-state index is -0.435. The summed E-state index contributed by atoms with van der Waals surface area (Å²) in [5.74, 6) is -0.100. The molecule has 1 rings (SSSR count). The number of likely N-dealkylation sites (tertiary alicyclic amines) is 1. The van der Waals surface area contributed by atoms with E-state index in [4.69, 9.17) is 5.11 Å². The summed E-state index contributed by atoms with van der Waals surface area (Å²) < 4.78 is 0. The van der Waals surface area contributed by atoms with Crippen LogP contribution in [0.15, 0.2) is 0 Å². The Morgan fingerprint density at radius 3 is 2.53 bits per heavy atom. The molecule has 1 saturated heterocycles. The van der Waals surface area contributed by atoms with Gasteiger partial charge in [-0.1, -0.05) is 0 Å². The largest absolute Gasteiger partial charge is 0.396 e. The number of hydrogen-bond donors (Lipinski definition) is 2. The number of carbonyl (C=O) groups is 2. The predicted octanol–water partition coefficient (Wildman–Crippen LogP) is 0.276. The van der Waals surface area contributed by atoms with Crippen molar-refractivity contribution in [2.24, 2.45) is 0 Å². The zero-order valence-corrected chi connectivity index (χ0v) is 10.4. The number of amides is 2. The maximum atomic E-state index is 11.9. The quantitative estimate of drug-likeness (QED) is 0.657. The number of carbonyl (C=O) groups excluding carboxylic acids is 2. The lowest BCUT2D eigenvalue weighted by Crippen LogP contribution is -2.45. The summed E-state index contributed by atoms with van der Waals surface area (Å²) in [6, 6.07) is -0.435. The molecule has 1 aliphatic heterocycles. The van der Waals surface area contributed by atoms with Crippen molar-refractivity contribution >= 4 is 11.8 Å². The molecule has 1 atom stereocenters. The number of unbranched alkanes of at least 4 members (excludes halogenated alkanes) is 1. The van der Waals surface area contributed by atoms with Crippen LogP contribution in [0.25, 0.3) is 0 Å². The number of nitrogens with zero attached hydrogens (tertiary/aromatic N) is 1. The van der Waals surface area contributed by atoms with Crippen LogP contribution in [0, 0.1) is 0 Å². The fourth-order valence-corrected chi connectivity index (χ4v) is 1.98. The van der Waals surface area contributed by atoms with Gasteiger partial charge < -0.3 is 15.3 Å². The molecule has 1 unspecified atom stereocenters. The van der Waals surface area contributed by atoms with Crippen LogP contribution >= 0.6 is 0 Å². The maximum absolute atomic E-state index is 11.9. The van der Waals surface area contributed by atoms with Gasteiger partial charge in [0.2, 0.25) is 11.8 Å². The molecule has 0 spiro atoms. The van der Waals surface area contributed by atoms with E-state index in [2.05, 4.69) is 5.32 Å². The monoisotopic (exact) mass is 242 g/mol. The Balaban J connectivity index is 2.24. The average molecular weight is 242 g/mol. The molecule has 0 bridgehead atoms.